The molecular weight excluding hydrogens is 318 g/mol. The molecule has 6 heteroatoms. The number of amides is 1. The number of para-hydroxylation sites is 2. The van der Waals surface area contributed by atoms with Crippen molar-refractivity contribution in [1.29, 1.82) is 0 Å². The van der Waals surface area contributed by atoms with Crippen molar-refractivity contribution in [3.8, 4) is 0 Å². The maximum atomic E-state index is 12.5. The molecule has 0 aliphatic rings. The topological polar surface area (TPSA) is 77.1 Å². The molecule has 1 amide bonds. The number of fused-ring (bicyclic) bond motifs is 2. The molecule has 124 valence electrons. The Labute approximate surface area is 142 Å². The van der Waals surface area contributed by atoms with Gasteiger partial charge in [0.15, 0.2) is 5.58 Å². The van der Waals surface area contributed by atoms with Gasteiger partial charge in [-0.05, 0) is 43.3 Å². The van der Waals surface area contributed by atoms with Crippen molar-refractivity contribution in [2.24, 2.45) is 0 Å². The minimum atomic E-state index is -0.549. The Balaban J connectivity index is 1.65. The second-order valence-electron chi connectivity index (χ2n) is 5.79. The highest BCUT2D eigenvalue weighted by Gasteiger charge is 2.13. The van der Waals surface area contributed by atoms with Gasteiger partial charge in [0.25, 0.3) is 0 Å². The molecule has 0 spiro atoms. The number of aromatic nitrogens is 2. The summed E-state index contributed by atoms with van der Waals surface area (Å²) in [6, 6.07) is 16.4. The fraction of sp³-hybridized carbons (Fsp3) is 0.105. The SMILES string of the molecule is Cc1ccc2c(NC(=O)Cn3c(=O)oc4ccccc43)cccc2n1. The number of rotatable bonds is 3. The van der Waals surface area contributed by atoms with E-state index in [-0.39, 0.29) is 12.5 Å². The van der Waals surface area contributed by atoms with E-state index in [9.17, 15) is 9.59 Å². The lowest BCUT2D eigenvalue weighted by Gasteiger charge is -2.09. The molecule has 25 heavy (non-hydrogen) atoms. The number of hydrogen-bond acceptors (Lipinski definition) is 4. The number of oxazole rings is 1. The number of hydrogen-bond donors (Lipinski definition) is 1. The summed E-state index contributed by atoms with van der Waals surface area (Å²) in [4.78, 5) is 28.9. The van der Waals surface area contributed by atoms with Crippen LogP contribution in [0.4, 0.5) is 5.69 Å². The first-order valence-corrected chi connectivity index (χ1v) is 7.86. The number of anilines is 1. The van der Waals surface area contributed by atoms with Gasteiger partial charge in [0, 0.05) is 11.1 Å². The third-order valence-corrected chi connectivity index (χ3v) is 4.02. The molecule has 0 radical (unpaired) electrons. The summed E-state index contributed by atoms with van der Waals surface area (Å²) in [6.07, 6.45) is 0. The van der Waals surface area contributed by atoms with Gasteiger partial charge in [0.05, 0.1) is 16.7 Å². The van der Waals surface area contributed by atoms with Gasteiger partial charge in [-0.1, -0.05) is 18.2 Å². The Morgan fingerprint density at radius 2 is 1.96 bits per heavy atom. The average molecular weight is 333 g/mol. The van der Waals surface area contributed by atoms with Crippen LogP contribution >= 0.6 is 0 Å². The van der Waals surface area contributed by atoms with Crippen LogP contribution in [0.5, 0.6) is 0 Å². The highest BCUT2D eigenvalue weighted by atomic mass is 16.4. The van der Waals surface area contributed by atoms with E-state index in [1.165, 1.54) is 4.57 Å². The smallest absolute Gasteiger partial charge is 0.408 e. The molecule has 0 aliphatic carbocycles. The summed E-state index contributed by atoms with van der Waals surface area (Å²) < 4.78 is 6.47. The van der Waals surface area contributed by atoms with Crippen molar-refractivity contribution < 1.29 is 9.21 Å². The van der Waals surface area contributed by atoms with E-state index >= 15 is 0 Å². The molecule has 0 bridgehead atoms. The Hall–Kier alpha value is -3.41. The first-order chi connectivity index (χ1) is 12.1. The number of carbonyl (C=O) groups excluding carboxylic acids is 1. The Bertz CT molecular complexity index is 1160. The van der Waals surface area contributed by atoms with Gasteiger partial charge in [-0.25, -0.2) is 4.79 Å². The first-order valence-electron chi connectivity index (χ1n) is 7.86. The lowest BCUT2D eigenvalue weighted by molar-refractivity contribution is -0.116. The molecule has 4 rings (SSSR count). The molecule has 0 aliphatic heterocycles. The quantitative estimate of drug-likeness (QED) is 0.625. The van der Waals surface area contributed by atoms with E-state index in [0.29, 0.717) is 16.8 Å². The van der Waals surface area contributed by atoms with Crippen LogP contribution in [0.15, 0.2) is 63.8 Å². The predicted molar refractivity (Wildman–Crippen MR) is 95.6 cm³/mol. The second-order valence-corrected chi connectivity index (χ2v) is 5.79. The zero-order valence-corrected chi connectivity index (χ0v) is 13.5. The number of nitrogens with zero attached hydrogens (tertiary/aromatic N) is 2. The van der Waals surface area contributed by atoms with Crippen molar-refractivity contribution in [2.45, 2.75) is 13.5 Å². The Morgan fingerprint density at radius 1 is 1.12 bits per heavy atom. The number of nitrogens with one attached hydrogen (secondary N) is 1. The summed E-state index contributed by atoms with van der Waals surface area (Å²) in [5.74, 6) is -0.853. The molecule has 0 saturated carbocycles. The molecule has 2 aromatic heterocycles. The van der Waals surface area contributed by atoms with Gasteiger partial charge in [0.2, 0.25) is 5.91 Å². The average Bonchev–Trinajstić information content (AvgIpc) is 2.90. The van der Waals surface area contributed by atoms with Crippen LogP contribution < -0.4 is 11.1 Å². The highest BCUT2D eigenvalue weighted by molar-refractivity contribution is 6.01. The lowest BCUT2D eigenvalue weighted by Crippen LogP contribution is -2.24. The second kappa shape index (κ2) is 5.90. The standard InChI is InChI=1S/C19H15N3O3/c1-12-9-10-13-14(20-12)5-4-6-15(13)21-18(23)11-22-16-7-2-3-8-17(16)25-19(22)24/h2-10H,11H2,1H3,(H,21,23). The van der Waals surface area contributed by atoms with Crippen molar-refractivity contribution in [2.75, 3.05) is 5.32 Å². The normalized spacial score (nSPS) is 11.1. The van der Waals surface area contributed by atoms with Gasteiger partial charge in [0.1, 0.15) is 6.54 Å². The van der Waals surface area contributed by atoms with E-state index < -0.39 is 5.76 Å². The van der Waals surface area contributed by atoms with Gasteiger partial charge >= 0.3 is 5.76 Å². The van der Waals surface area contributed by atoms with Crippen LogP contribution in [0.25, 0.3) is 22.0 Å². The molecule has 1 N–H and O–H groups in total. The third-order valence-electron chi connectivity index (χ3n) is 4.02. The highest BCUT2D eigenvalue weighted by Crippen LogP contribution is 2.22. The van der Waals surface area contributed by atoms with E-state index in [1.807, 2.05) is 37.3 Å². The van der Waals surface area contributed by atoms with E-state index in [4.69, 9.17) is 4.42 Å². The summed E-state index contributed by atoms with van der Waals surface area (Å²) in [6.45, 7) is 1.80. The monoisotopic (exact) mass is 333 g/mol. The van der Waals surface area contributed by atoms with Gasteiger partial charge in [-0.2, -0.15) is 0 Å². The summed E-state index contributed by atoms with van der Waals surface area (Å²) in [7, 11) is 0. The van der Waals surface area contributed by atoms with Crippen LogP contribution in [0.3, 0.4) is 0 Å². The summed E-state index contributed by atoms with van der Waals surface area (Å²) >= 11 is 0. The van der Waals surface area contributed by atoms with E-state index in [1.54, 1.807) is 24.3 Å². The van der Waals surface area contributed by atoms with Gasteiger partial charge in [-0.15, -0.1) is 0 Å². The molecule has 2 heterocycles. The van der Waals surface area contributed by atoms with Crippen LogP contribution in [0.1, 0.15) is 5.69 Å². The molecule has 0 unspecified atom stereocenters. The van der Waals surface area contributed by atoms with Gasteiger partial charge in [-0.3, -0.25) is 14.3 Å². The minimum Gasteiger partial charge on any atom is -0.408 e. The maximum Gasteiger partial charge on any atom is 0.420 e. The maximum absolute atomic E-state index is 12.5. The number of pyridine rings is 1. The fourth-order valence-electron chi connectivity index (χ4n) is 2.86. The Morgan fingerprint density at radius 3 is 2.84 bits per heavy atom. The molecule has 0 saturated heterocycles. The number of carbonyl (C=O) groups is 1. The summed E-state index contributed by atoms with van der Waals surface area (Å²) in [5, 5.41) is 3.71. The molecule has 2 aromatic carbocycles. The van der Waals surface area contributed by atoms with Crippen LogP contribution in [-0.4, -0.2) is 15.5 Å². The van der Waals surface area contributed by atoms with E-state index in [2.05, 4.69) is 10.3 Å². The molecule has 4 aromatic rings. The van der Waals surface area contributed by atoms with Crippen LogP contribution in [-0.2, 0) is 11.3 Å². The van der Waals surface area contributed by atoms with Gasteiger partial charge < -0.3 is 9.73 Å². The lowest BCUT2D eigenvalue weighted by atomic mass is 10.1. The molecular formula is C19H15N3O3. The van der Waals surface area contributed by atoms with Crippen molar-refractivity contribution >= 4 is 33.6 Å². The molecule has 0 fully saturated rings. The molecule has 0 atom stereocenters. The van der Waals surface area contributed by atoms with Crippen LogP contribution in [0, 0.1) is 6.92 Å². The summed E-state index contributed by atoms with van der Waals surface area (Å²) in [5.41, 5.74) is 3.44. The minimum absolute atomic E-state index is 0.120. The van der Waals surface area contributed by atoms with E-state index in [0.717, 1.165) is 16.6 Å². The Kier molecular flexibility index (Phi) is 3.57. The first kappa shape index (κ1) is 15.1. The zero-order chi connectivity index (χ0) is 17.4. The van der Waals surface area contributed by atoms with Crippen LogP contribution in [0.2, 0.25) is 0 Å². The predicted octanol–water partition coefficient (Wildman–Crippen LogP) is 3.09. The van der Waals surface area contributed by atoms with Crippen molar-refractivity contribution in [3.05, 3.63) is 70.8 Å². The molecule has 6 nitrogen and oxygen atoms in total. The third kappa shape index (κ3) is 2.78. The zero-order valence-electron chi connectivity index (χ0n) is 13.5. The fourth-order valence-corrected chi connectivity index (χ4v) is 2.86. The number of aryl methyl sites for hydroxylation is 1. The largest absolute Gasteiger partial charge is 0.420 e. The van der Waals surface area contributed by atoms with Crippen molar-refractivity contribution in [3.63, 3.8) is 0 Å². The van der Waals surface area contributed by atoms with Crippen molar-refractivity contribution in [1.82, 2.24) is 9.55 Å². The number of benzene rings is 2.